The minimum atomic E-state index is 0.334. The first kappa shape index (κ1) is 16.7. The number of aromatic nitrogens is 4. The fourth-order valence-electron chi connectivity index (χ4n) is 3.91. The quantitative estimate of drug-likeness (QED) is 0.526. The van der Waals surface area contributed by atoms with E-state index in [4.69, 9.17) is 4.98 Å². The van der Waals surface area contributed by atoms with E-state index < -0.39 is 0 Å². The molecule has 2 aromatic heterocycles. The van der Waals surface area contributed by atoms with Gasteiger partial charge in [0.1, 0.15) is 0 Å². The van der Waals surface area contributed by atoms with Crippen LogP contribution in [0, 0.1) is 6.92 Å². The Labute approximate surface area is 164 Å². The molecule has 1 aliphatic rings. The van der Waals surface area contributed by atoms with Crippen LogP contribution in [0.1, 0.15) is 18.2 Å². The van der Waals surface area contributed by atoms with Crippen LogP contribution < -0.4 is 4.90 Å². The highest BCUT2D eigenvalue weighted by Crippen LogP contribution is 2.37. The van der Waals surface area contributed by atoms with Gasteiger partial charge in [0.25, 0.3) is 0 Å². The second kappa shape index (κ2) is 6.60. The summed E-state index contributed by atoms with van der Waals surface area (Å²) in [6.45, 7) is 4.24. The minimum absolute atomic E-state index is 0.334. The van der Waals surface area contributed by atoms with Crippen LogP contribution in [-0.4, -0.2) is 25.8 Å². The van der Waals surface area contributed by atoms with Crippen molar-refractivity contribution in [3.05, 3.63) is 84.3 Å². The van der Waals surface area contributed by atoms with E-state index in [2.05, 4.69) is 46.2 Å². The summed E-state index contributed by atoms with van der Waals surface area (Å²) in [5, 5.41) is 4.68. The van der Waals surface area contributed by atoms with Crippen LogP contribution in [0.5, 0.6) is 0 Å². The number of anilines is 2. The third-order valence-corrected chi connectivity index (χ3v) is 5.26. The maximum atomic E-state index is 4.90. The number of rotatable bonds is 3. The Morgan fingerprint density at radius 1 is 0.964 bits per heavy atom. The molecule has 0 saturated heterocycles. The lowest BCUT2D eigenvalue weighted by atomic mass is 10.1. The highest BCUT2D eigenvalue weighted by atomic mass is 15.3. The van der Waals surface area contributed by atoms with E-state index in [1.807, 2.05) is 60.4 Å². The smallest absolute Gasteiger partial charge is 0.230 e. The molecule has 0 fully saturated rings. The van der Waals surface area contributed by atoms with Crippen molar-refractivity contribution in [1.82, 2.24) is 19.7 Å². The molecular weight excluding hydrogens is 346 g/mol. The lowest BCUT2D eigenvalue weighted by molar-refractivity contribution is 0.740. The van der Waals surface area contributed by atoms with Crippen molar-refractivity contribution in [2.75, 3.05) is 4.90 Å². The monoisotopic (exact) mass is 367 g/mol. The van der Waals surface area contributed by atoms with Gasteiger partial charge in [0.05, 0.1) is 17.1 Å². The summed E-state index contributed by atoms with van der Waals surface area (Å²) in [4.78, 5) is 11.7. The van der Waals surface area contributed by atoms with Crippen molar-refractivity contribution >= 4 is 11.6 Å². The summed E-state index contributed by atoms with van der Waals surface area (Å²) in [6.07, 6.45) is 4.89. The largest absolute Gasteiger partial charge is 0.307 e. The summed E-state index contributed by atoms with van der Waals surface area (Å²) >= 11 is 0. The van der Waals surface area contributed by atoms with Gasteiger partial charge < -0.3 is 4.90 Å². The average molecular weight is 367 g/mol. The lowest BCUT2D eigenvalue weighted by Crippen LogP contribution is -2.25. The maximum Gasteiger partial charge on any atom is 0.230 e. The number of nitrogens with zero attached hydrogens (tertiary/aromatic N) is 5. The first-order chi connectivity index (χ1) is 13.7. The van der Waals surface area contributed by atoms with Gasteiger partial charge in [-0.25, -0.2) is 14.6 Å². The lowest BCUT2D eigenvalue weighted by Gasteiger charge is -2.22. The topological polar surface area (TPSA) is 46.8 Å². The van der Waals surface area contributed by atoms with Crippen LogP contribution in [0.3, 0.4) is 0 Å². The van der Waals surface area contributed by atoms with Crippen LogP contribution in [-0.2, 0) is 6.42 Å². The van der Waals surface area contributed by atoms with Crippen LogP contribution in [0.15, 0.2) is 73.1 Å². The average Bonchev–Trinajstić information content (AvgIpc) is 3.28. The van der Waals surface area contributed by atoms with Crippen molar-refractivity contribution in [2.45, 2.75) is 26.3 Å². The molecule has 0 radical (unpaired) electrons. The fraction of sp³-hybridized carbons (Fsp3) is 0.174. The molecule has 4 aromatic rings. The third kappa shape index (κ3) is 2.76. The zero-order valence-corrected chi connectivity index (χ0v) is 15.9. The molecule has 5 nitrogen and oxygen atoms in total. The Morgan fingerprint density at radius 3 is 2.61 bits per heavy atom. The van der Waals surface area contributed by atoms with Crippen molar-refractivity contribution in [3.63, 3.8) is 0 Å². The Kier molecular flexibility index (Phi) is 3.93. The molecule has 28 heavy (non-hydrogen) atoms. The van der Waals surface area contributed by atoms with Gasteiger partial charge in [-0.15, -0.1) is 0 Å². The van der Waals surface area contributed by atoms with Gasteiger partial charge in [0.2, 0.25) is 5.95 Å². The molecule has 1 unspecified atom stereocenters. The van der Waals surface area contributed by atoms with Gasteiger partial charge in [0.15, 0.2) is 0 Å². The third-order valence-electron chi connectivity index (χ3n) is 5.26. The molecule has 0 amide bonds. The van der Waals surface area contributed by atoms with Gasteiger partial charge in [-0.2, -0.15) is 5.10 Å². The molecule has 1 atom stereocenters. The molecule has 2 aromatic carbocycles. The molecular formula is C23H21N5. The van der Waals surface area contributed by atoms with E-state index in [-0.39, 0.29) is 0 Å². The van der Waals surface area contributed by atoms with E-state index >= 15 is 0 Å². The highest BCUT2D eigenvalue weighted by Gasteiger charge is 2.28. The second-order valence-corrected chi connectivity index (χ2v) is 7.20. The van der Waals surface area contributed by atoms with E-state index in [0.717, 1.165) is 35.0 Å². The first-order valence-corrected chi connectivity index (χ1v) is 9.53. The Morgan fingerprint density at radius 2 is 1.75 bits per heavy atom. The van der Waals surface area contributed by atoms with Gasteiger partial charge >= 0.3 is 0 Å². The predicted molar refractivity (Wildman–Crippen MR) is 111 cm³/mol. The molecule has 0 spiro atoms. The number of para-hydroxylation sites is 2. The standard InChI is InChI=1S/C23H21N5/c1-16-14-18-8-6-7-11-22(18)28(16)23-24-13-12-21(25-23)20-15-27(26-17(20)2)19-9-4-3-5-10-19/h3-13,15-16H,14H2,1-2H3. The second-order valence-electron chi connectivity index (χ2n) is 7.20. The normalized spacial score (nSPS) is 15.6. The van der Waals surface area contributed by atoms with Crippen LogP contribution in [0.4, 0.5) is 11.6 Å². The molecule has 0 aliphatic carbocycles. The molecule has 5 heteroatoms. The molecule has 0 N–H and O–H groups in total. The molecule has 3 heterocycles. The Balaban J connectivity index is 1.55. The van der Waals surface area contributed by atoms with E-state index in [1.54, 1.807) is 0 Å². The summed E-state index contributed by atoms with van der Waals surface area (Å²) in [6, 6.07) is 20.9. The molecule has 138 valence electrons. The van der Waals surface area contributed by atoms with E-state index in [9.17, 15) is 0 Å². The van der Waals surface area contributed by atoms with Crippen LogP contribution >= 0.6 is 0 Å². The molecule has 5 rings (SSSR count). The maximum absolute atomic E-state index is 4.90. The van der Waals surface area contributed by atoms with Gasteiger partial charge in [-0.05, 0) is 50.1 Å². The van der Waals surface area contributed by atoms with Gasteiger partial charge in [0, 0.05) is 29.7 Å². The number of benzene rings is 2. The van der Waals surface area contributed by atoms with Crippen molar-refractivity contribution in [2.24, 2.45) is 0 Å². The zero-order valence-electron chi connectivity index (χ0n) is 15.9. The number of hydrogen-bond donors (Lipinski definition) is 0. The highest BCUT2D eigenvalue weighted by molar-refractivity contribution is 5.69. The van der Waals surface area contributed by atoms with Gasteiger partial charge in [-0.3, -0.25) is 0 Å². The minimum Gasteiger partial charge on any atom is -0.307 e. The fourth-order valence-corrected chi connectivity index (χ4v) is 3.91. The predicted octanol–water partition coefficient (Wildman–Crippen LogP) is 4.72. The van der Waals surface area contributed by atoms with E-state index in [1.165, 1.54) is 11.3 Å². The number of aryl methyl sites for hydroxylation is 1. The molecule has 0 bridgehead atoms. The summed E-state index contributed by atoms with van der Waals surface area (Å²) in [5.74, 6) is 0.738. The SMILES string of the molecule is Cc1nn(-c2ccccc2)cc1-c1ccnc(N2c3ccccc3CC2C)n1. The molecule has 0 saturated carbocycles. The summed E-state index contributed by atoms with van der Waals surface area (Å²) in [7, 11) is 0. The first-order valence-electron chi connectivity index (χ1n) is 9.53. The van der Waals surface area contributed by atoms with Crippen molar-refractivity contribution < 1.29 is 0 Å². The van der Waals surface area contributed by atoms with Crippen molar-refractivity contribution in [1.29, 1.82) is 0 Å². The van der Waals surface area contributed by atoms with E-state index in [0.29, 0.717) is 6.04 Å². The van der Waals surface area contributed by atoms with Crippen LogP contribution in [0.25, 0.3) is 16.9 Å². The number of hydrogen-bond acceptors (Lipinski definition) is 4. The van der Waals surface area contributed by atoms with Crippen molar-refractivity contribution in [3.8, 4) is 16.9 Å². The summed E-state index contributed by atoms with van der Waals surface area (Å²) in [5.41, 5.74) is 6.44. The number of fused-ring (bicyclic) bond motifs is 1. The summed E-state index contributed by atoms with van der Waals surface area (Å²) < 4.78 is 1.90. The zero-order chi connectivity index (χ0) is 19.1. The molecule has 1 aliphatic heterocycles. The van der Waals surface area contributed by atoms with Gasteiger partial charge in [-0.1, -0.05) is 36.4 Å². The Hall–Kier alpha value is -3.47. The van der Waals surface area contributed by atoms with Crippen LogP contribution in [0.2, 0.25) is 0 Å². The Bertz CT molecular complexity index is 1130.